The zero-order valence-corrected chi connectivity index (χ0v) is 20.3. The highest BCUT2D eigenvalue weighted by molar-refractivity contribution is 9.26. The molecule has 2 aliphatic rings. The zero-order chi connectivity index (χ0) is 18.2. The van der Waals surface area contributed by atoms with E-state index in [-0.39, 0.29) is 29.1 Å². The van der Waals surface area contributed by atoms with E-state index in [1.807, 2.05) is 13.8 Å². The van der Waals surface area contributed by atoms with E-state index >= 15 is 0 Å². The summed E-state index contributed by atoms with van der Waals surface area (Å²) in [4.78, 5) is 24.2. The van der Waals surface area contributed by atoms with Gasteiger partial charge in [0.05, 0.1) is 17.3 Å². The molecule has 8 heteroatoms. The van der Waals surface area contributed by atoms with Crippen molar-refractivity contribution < 1.29 is 9.59 Å². The Morgan fingerprint density at radius 2 is 1.04 bits per heavy atom. The van der Waals surface area contributed by atoms with Crippen molar-refractivity contribution in [3.05, 3.63) is 0 Å². The minimum Gasteiger partial charge on any atom is -0.356 e. The lowest BCUT2D eigenvalue weighted by Gasteiger charge is -2.13. The summed E-state index contributed by atoms with van der Waals surface area (Å²) < 4.78 is -0.454. The third-order valence-corrected chi connectivity index (χ3v) is 9.81. The number of halogens is 4. The molecule has 0 aromatic rings. The van der Waals surface area contributed by atoms with Crippen molar-refractivity contribution in [3.8, 4) is 0 Å². The topological polar surface area (TPSA) is 58.2 Å². The van der Waals surface area contributed by atoms with E-state index in [2.05, 4.69) is 74.4 Å². The summed E-state index contributed by atoms with van der Waals surface area (Å²) in [5, 5.41) is 6.02. The summed E-state index contributed by atoms with van der Waals surface area (Å²) in [6.45, 7) is 5.35. The monoisotopic (exact) mass is 592 g/mol. The molecule has 0 heterocycles. The molecular weight excluding hydrogens is 572 g/mol. The number of hydrogen-bond acceptors (Lipinski definition) is 2. The highest BCUT2D eigenvalue weighted by atomic mass is 79.9. The van der Waals surface area contributed by atoms with Crippen LogP contribution in [0.3, 0.4) is 0 Å². The van der Waals surface area contributed by atoms with Crippen molar-refractivity contribution in [2.24, 2.45) is 10.8 Å². The average Bonchev–Trinajstić information content (AvgIpc) is 3.21. The largest absolute Gasteiger partial charge is 0.356 e. The molecule has 0 spiro atoms. The Morgan fingerprint density at radius 3 is 1.29 bits per heavy atom. The van der Waals surface area contributed by atoms with Crippen LogP contribution in [0.15, 0.2) is 0 Å². The van der Waals surface area contributed by atoms with Crippen LogP contribution in [0, 0.1) is 10.8 Å². The lowest BCUT2D eigenvalue weighted by Crippen LogP contribution is -2.34. The molecule has 2 amide bonds. The van der Waals surface area contributed by atoms with Gasteiger partial charge in [0.2, 0.25) is 11.8 Å². The van der Waals surface area contributed by atoms with Gasteiger partial charge in [-0.1, -0.05) is 76.6 Å². The van der Waals surface area contributed by atoms with E-state index in [4.69, 9.17) is 0 Å². The van der Waals surface area contributed by atoms with Gasteiger partial charge >= 0.3 is 0 Å². The third-order valence-electron chi connectivity index (χ3n) is 5.19. The summed E-state index contributed by atoms with van der Waals surface area (Å²) >= 11 is 14.1. The Balaban J connectivity index is 1.47. The van der Waals surface area contributed by atoms with Crippen LogP contribution >= 0.6 is 63.7 Å². The molecule has 2 fully saturated rings. The normalized spacial score (nSPS) is 32.1. The predicted molar refractivity (Wildman–Crippen MR) is 111 cm³/mol. The fourth-order valence-electron chi connectivity index (χ4n) is 2.69. The molecule has 138 valence electrons. The number of alkyl halides is 4. The van der Waals surface area contributed by atoms with Gasteiger partial charge in [0, 0.05) is 13.1 Å². The van der Waals surface area contributed by atoms with Crippen molar-refractivity contribution >= 4 is 75.5 Å². The molecule has 0 unspecified atom stereocenters. The molecule has 24 heavy (non-hydrogen) atoms. The summed E-state index contributed by atoms with van der Waals surface area (Å²) in [6, 6.07) is 0. The van der Waals surface area contributed by atoms with Gasteiger partial charge < -0.3 is 10.6 Å². The van der Waals surface area contributed by atoms with Gasteiger partial charge in [-0.2, -0.15) is 0 Å². The molecule has 4 nitrogen and oxygen atoms in total. The average molecular weight is 596 g/mol. The Labute approximate surface area is 177 Å². The Kier molecular flexibility index (Phi) is 6.59. The van der Waals surface area contributed by atoms with E-state index < -0.39 is 0 Å². The summed E-state index contributed by atoms with van der Waals surface area (Å²) in [5.74, 6) is 0.212. The van der Waals surface area contributed by atoms with E-state index in [1.54, 1.807) is 0 Å². The van der Waals surface area contributed by atoms with Crippen molar-refractivity contribution in [2.75, 3.05) is 13.1 Å². The van der Waals surface area contributed by atoms with Crippen molar-refractivity contribution in [2.45, 2.75) is 58.8 Å². The van der Waals surface area contributed by atoms with E-state index in [1.165, 1.54) is 0 Å². The van der Waals surface area contributed by atoms with Crippen LogP contribution in [0.1, 0.15) is 52.4 Å². The van der Waals surface area contributed by atoms with Gasteiger partial charge in [-0.3, -0.25) is 9.59 Å². The molecule has 0 aromatic carbocycles. The predicted octanol–water partition coefficient (Wildman–Crippen LogP) is 4.57. The van der Waals surface area contributed by atoms with Gasteiger partial charge in [0.15, 0.2) is 0 Å². The van der Waals surface area contributed by atoms with Crippen molar-refractivity contribution in [3.63, 3.8) is 0 Å². The van der Waals surface area contributed by atoms with Gasteiger partial charge in [0.25, 0.3) is 0 Å². The van der Waals surface area contributed by atoms with Gasteiger partial charge in [-0.05, 0) is 39.5 Å². The molecule has 2 saturated carbocycles. The molecule has 0 radical (unpaired) electrons. The Hall–Kier alpha value is 0.860. The maximum atomic E-state index is 12.1. The minimum absolute atomic E-state index is 0.106. The molecular formula is C16H24Br4N2O2. The first-order valence-electron chi connectivity index (χ1n) is 8.29. The number of carbonyl (C=O) groups excluding carboxylic acids is 2. The molecule has 2 aliphatic carbocycles. The summed E-state index contributed by atoms with van der Waals surface area (Å²) in [7, 11) is 0. The number of carbonyl (C=O) groups is 2. The van der Waals surface area contributed by atoms with Gasteiger partial charge in [-0.15, -0.1) is 0 Å². The molecule has 0 aromatic heterocycles. The number of rotatable bonds is 9. The maximum Gasteiger partial charge on any atom is 0.228 e. The second-order valence-corrected chi connectivity index (χ2v) is 14.9. The van der Waals surface area contributed by atoms with Crippen LogP contribution in [0.25, 0.3) is 0 Å². The van der Waals surface area contributed by atoms with Gasteiger partial charge in [-0.25, -0.2) is 0 Å². The van der Waals surface area contributed by atoms with Crippen LogP contribution in [-0.2, 0) is 9.59 Å². The molecule has 0 bridgehead atoms. The minimum atomic E-state index is -0.337. The van der Waals surface area contributed by atoms with Gasteiger partial charge in [0.1, 0.15) is 0 Å². The van der Waals surface area contributed by atoms with Crippen LogP contribution < -0.4 is 10.6 Å². The zero-order valence-electron chi connectivity index (χ0n) is 14.0. The standard InChI is InChI=1S/C16H24Br4N2O2/c1-13(9-15(13,17)18)11(23)21-7-5-3-4-6-8-22-12(24)14(2)10-16(14,19)20/h3-10H2,1-2H3,(H,21,23)(H,22,24)/t13-,14-/m0/s1. The molecule has 0 aliphatic heterocycles. The highest BCUT2D eigenvalue weighted by Crippen LogP contribution is 2.67. The quantitative estimate of drug-likeness (QED) is 0.303. The smallest absolute Gasteiger partial charge is 0.228 e. The van der Waals surface area contributed by atoms with Crippen molar-refractivity contribution in [1.82, 2.24) is 10.6 Å². The molecule has 2 rings (SSSR count). The fraction of sp³-hybridized carbons (Fsp3) is 0.875. The van der Waals surface area contributed by atoms with Crippen LogP contribution in [0.4, 0.5) is 0 Å². The van der Waals surface area contributed by atoms with Crippen molar-refractivity contribution in [1.29, 1.82) is 0 Å². The highest BCUT2D eigenvalue weighted by Gasteiger charge is 2.67. The Bertz CT molecular complexity index is 480. The number of unbranched alkanes of at least 4 members (excludes halogenated alkanes) is 3. The van der Waals surface area contributed by atoms with E-state index in [0.29, 0.717) is 13.1 Å². The maximum absolute atomic E-state index is 12.1. The first-order valence-corrected chi connectivity index (χ1v) is 11.5. The summed E-state index contributed by atoms with van der Waals surface area (Å²) in [6.07, 6.45) is 5.68. The van der Waals surface area contributed by atoms with Crippen LogP contribution in [0.2, 0.25) is 0 Å². The number of nitrogens with one attached hydrogen (secondary N) is 2. The second-order valence-electron chi connectivity index (χ2n) is 7.35. The van der Waals surface area contributed by atoms with Crippen LogP contribution in [-0.4, -0.2) is 31.4 Å². The lowest BCUT2D eigenvalue weighted by atomic mass is 10.1. The molecule has 2 atom stereocenters. The second kappa shape index (κ2) is 7.47. The Morgan fingerprint density at radius 1 is 0.750 bits per heavy atom. The first kappa shape index (κ1) is 21.2. The lowest BCUT2D eigenvalue weighted by molar-refractivity contribution is -0.126. The number of hydrogen-bond donors (Lipinski definition) is 2. The number of amides is 2. The molecule has 2 N–H and O–H groups in total. The third kappa shape index (κ3) is 4.39. The first-order chi connectivity index (χ1) is 11.0. The van der Waals surface area contributed by atoms with E-state index in [0.717, 1.165) is 38.5 Å². The summed E-state index contributed by atoms with van der Waals surface area (Å²) in [5.41, 5.74) is -0.674. The SMILES string of the molecule is C[C@@]1(C(=O)NCCCCCCNC(=O)[C@]2(C)CC2(Br)Br)CC1(Br)Br. The molecule has 0 saturated heterocycles. The van der Waals surface area contributed by atoms with Crippen LogP contribution in [0.5, 0.6) is 0 Å². The van der Waals surface area contributed by atoms with E-state index in [9.17, 15) is 9.59 Å². The fourth-order valence-corrected chi connectivity index (χ4v) is 5.65.